The second kappa shape index (κ2) is 9.14. The Morgan fingerprint density at radius 2 is 2.03 bits per heavy atom. The second-order valence-electron chi connectivity index (χ2n) is 8.84. The molecule has 166 valence electrons. The maximum absolute atomic E-state index is 12.9. The number of aromatic nitrogens is 1. The number of pyridine rings is 1. The molecule has 32 heavy (non-hydrogen) atoms. The average Bonchev–Trinajstić information content (AvgIpc) is 3.41. The first-order valence-electron chi connectivity index (χ1n) is 11.2. The van der Waals surface area contributed by atoms with Crippen LogP contribution in [0.25, 0.3) is 0 Å². The van der Waals surface area contributed by atoms with Crippen LogP contribution < -0.4 is 5.32 Å². The Labute approximate surface area is 193 Å². The Morgan fingerprint density at radius 3 is 2.75 bits per heavy atom. The van der Waals surface area contributed by atoms with E-state index in [9.17, 15) is 4.79 Å². The summed E-state index contributed by atoms with van der Waals surface area (Å²) in [6.45, 7) is 2.92. The molecule has 1 aliphatic heterocycles. The fraction of sp³-hybridized carbons (Fsp3) is 0.385. The van der Waals surface area contributed by atoms with E-state index in [0.29, 0.717) is 6.42 Å². The minimum absolute atomic E-state index is 0.0559. The van der Waals surface area contributed by atoms with Gasteiger partial charge in [0, 0.05) is 36.3 Å². The van der Waals surface area contributed by atoms with E-state index in [2.05, 4.69) is 45.5 Å². The largest absolute Gasteiger partial charge is 0.378 e. The predicted octanol–water partition coefficient (Wildman–Crippen LogP) is 4.11. The molecule has 5 rings (SSSR count). The summed E-state index contributed by atoms with van der Waals surface area (Å²) in [5.74, 6) is 0.0559. The molecule has 1 aliphatic carbocycles. The van der Waals surface area contributed by atoms with Crippen molar-refractivity contribution in [2.75, 3.05) is 20.2 Å². The van der Waals surface area contributed by atoms with Crippen LogP contribution >= 0.6 is 11.3 Å². The first-order valence-corrected chi connectivity index (χ1v) is 12.1. The molecular weight excluding hydrogens is 418 g/mol. The molecule has 1 saturated heterocycles. The molecule has 1 N–H and O–H groups in total. The standard InChI is InChI=1S/C26H29N3O2S/c1-31-25-24(28-23(30)16-20-7-5-15-32-20)21-8-2-3-9-22(21)26(25)10-13-29(14-11-26)18-19-6-4-12-27-17-19/h2-9,12,15,17,24-25H,10-11,13-14,16,18H2,1H3,(H,28,30)/t24-,25+/m0/s1. The van der Waals surface area contributed by atoms with Crippen molar-refractivity contribution in [1.29, 1.82) is 0 Å². The number of ether oxygens (including phenoxy) is 1. The molecule has 0 radical (unpaired) electrons. The minimum atomic E-state index is -0.117. The van der Waals surface area contributed by atoms with Crippen molar-refractivity contribution < 1.29 is 9.53 Å². The van der Waals surface area contributed by atoms with Crippen LogP contribution in [0.4, 0.5) is 0 Å². The number of carbonyl (C=O) groups is 1. The van der Waals surface area contributed by atoms with Gasteiger partial charge in [-0.1, -0.05) is 36.4 Å². The second-order valence-corrected chi connectivity index (χ2v) is 9.87. The summed E-state index contributed by atoms with van der Waals surface area (Å²) >= 11 is 1.62. The van der Waals surface area contributed by atoms with Crippen molar-refractivity contribution in [3.05, 3.63) is 87.9 Å². The molecule has 6 heteroatoms. The topological polar surface area (TPSA) is 54.5 Å². The zero-order valence-electron chi connectivity index (χ0n) is 18.4. The van der Waals surface area contributed by atoms with E-state index in [1.54, 1.807) is 18.4 Å². The van der Waals surface area contributed by atoms with Crippen molar-refractivity contribution >= 4 is 17.2 Å². The molecule has 3 aromatic rings. The molecule has 0 unspecified atom stereocenters. The number of methoxy groups -OCH3 is 1. The fourth-order valence-corrected chi connectivity index (χ4v) is 6.29. The SMILES string of the molecule is CO[C@@H]1[C@@H](NC(=O)Cc2cccs2)c2ccccc2C12CCN(Cc1cccnc1)CC2. The van der Waals surface area contributed by atoms with Crippen LogP contribution in [0, 0.1) is 0 Å². The number of carbonyl (C=O) groups excluding carboxylic acids is 1. The normalized spacial score (nSPS) is 22.0. The third kappa shape index (κ3) is 3.98. The van der Waals surface area contributed by atoms with Crippen LogP contribution in [0.5, 0.6) is 0 Å². The zero-order valence-corrected chi connectivity index (χ0v) is 19.2. The number of piperidine rings is 1. The van der Waals surface area contributed by atoms with Crippen LogP contribution in [0.2, 0.25) is 0 Å². The van der Waals surface area contributed by atoms with Gasteiger partial charge in [-0.15, -0.1) is 11.3 Å². The maximum Gasteiger partial charge on any atom is 0.225 e. The number of rotatable bonds is 6. The van der Waals surface area contributed by atoms with E-state index in [0.717, 1.165) is 37.4 Å². The van der Waals surface area contributed by atoms with Crippen molar-refractivity contribution in [3.63, 3.8) is 0 Å². The molecule has 1 amide bonds. The van der Waals surface area contributed by atoms with E-state index in [-0.39, 0.29) is 23.5 Å². The Morgan fingerprint density at radius 1 is 1.19 bits per heavy atom. The molecule has 2 atom stereocenters. The van der Waals surface area contributed by atoms with Crippen LogP contribution in [-0.4, -0.2) is 42.1 Å². The molecule has 5 nitrogen and oxygen atoms in total. The van der Waals surface area contributed by atoms with Gasteiger partial charge in [-0.2, -0.15) is 0 Å². The number of nitrogens with one attached hydrogen (secondary N) is 1. The third-order valence-corrected chi connectivity index (χ3v) is 7.92. The Kier molecular flexibility index (Phi) is 6.09. The lowest BCUT2D eigenvalue weighted by atomic mass is 9.72. The number of benzene rings is 1. The van der Waals surface area contributed by atoms with Gasteiger partial charge >= 0.3 is 0 Å². The lowest BCUT2D eigenvalue weighted by molar-refractivity contribution is -0.122. The van der Waals surface area contributed by atoms with Crippen molar-refractivity contribution in [2.45, 2.75) is 43.4 Å². The fourth-order valence-electron chi connectivity index (χ4n) is 5.58. The van der Waals surface area contributed by atoms with Crippen LogP contribution in [0.15, 0.2) is 66.3 Å². The number of fused-ring (bicyclic) bond motifs is 2. The number of hydrogen-bond acceptors (Lipinski definition) is 5. The van der Waals surface area contributed by atoms with Crippen molar-refractivity contribution in [2.24, 2.45) is 0 Å². The summed E-state index contributed by atoms with van der Waals surface area (Å²) < 4.78 is 6.15. The van der Waals surface area contributed by atoms with Gasteiger partial charge in [0.25, 0.3) is 0 Å². The summed E-state index contributed by atoms with van der Waals surface area (Å²) in [6.07, 6.45) is 6.15. The summed E-state index contributed by atoms with van der Waals surface area (Å²) in [5, 5.41) is 5.33. The van der Waals surface area contributed by atoms with Gasteiger partial charge in [0.15, 0.2) is 0 Å². The van der Waals surface area contributed by atoms with E-state index >= 15 is 0 Å². The highest BCUT2D eigenvalue weighted by Gasteiger charge is 2.53. The predicted molar refractivity (Wildman–Crippen MR) is 127 cm³/mol. The lowest BCUT2D eigenvalue weighted by Crippen LogP contribution is -2.50. The number of hydrogen-bond donors (Lipinski definition) is 1. The number of nitrogens with zero attached hydrogens (tertiary/aromatic N) is 2. The van der Waals surface area contributed by atoms with Crippen LogP contribution in [0.3, 0.4) is 0 Å². The molecule has 0 saturated carbocycles. The summed E-state index contributed by atoms with van der Waals surface area (Å²) in [5.41, 5.74) is 3.73. The molecule has 0 bridgehead atoms. The molecular formula is C26H29N3O2S. The Bertz CT molecular complexity index is 1050. The van der Waals surface area contributed by atoms with Gasteiger partial charge < -0.3 is 10.1 Å². The quantitative estimate of drug-likeness (QED) is 0.618. The lowest BCUT2D eigenvalue weighted by Gasteiger charge is -2.44. The molecule has 3 heterocycles. The van der Waals surface area contributed by atoms with Crippen LogP contribution in [-0.2, 0) is 27.9 Å². The maximum atomic E-state index is 12.9. The zero-order chi connectivity index (χ0) is 22.0. The first kappa shape index (κ1) is 21.3. The third-order valence-electron chi connectivity index (χ3n) is 7.04. The Balaban J connectivity index is 1.35. The highest BCUT2D eigenvalue weighted by Crippen LogP contribution is 2.52. The van der Waals surface area contributed by atoms with Gasteiger partial charge in [-0.05, 0) is 60.1 Å². The van der Waals surface area contributed by atoms with Gasteiger partial charge in [-0.25, -0.2) is 0 Å². The van der Waals surface area contributed by atoms with Gasteiger partial charge in [0.1, 0.15) is 0 Å². The highest BCUT2D eigenvalue weighted by atomic mass is 32.1. The molecule has 1 fully saturated rings. The molecule has 2 aromatic heterocycles. The summed E-state index contributed by atoms with van der Waals surface area (Å²) in [6, 6.07) is 16.6. The number of likely N-dealkylation sites (tertiary alicyclic amines) is 1. The number of thiophene rings is 1. The van der Waals surface area contributed by atoms with Crippen molar-refractivity contribution in [3.8, 4) is 0 Å². The Hall–Kier alpha value is -2.54. The molecule has 2 aliphatic rings. The molecule has 1 aromatic carbocycles. The van der Waals surface area contributed by atoms with Gasteiger partial charge in [-0.3, -0.25) is 14.7 Å². The monoisotopic (exact) mass is 447 g/mol. The van der Waals surface area contributed by atoms with E-state index in [1.165, 1.54) is 16.7 Å². The highest BCUT2D eigenvalue weighted by molar-refractivity contribution is 7.10. The van der Waals surface area contributed by atoms with E-state index in [1.807, 2.05) is 36.0 Å². The van der Waals surface area contributed by atoms with E-state index < -0.39 is 0 Å². The summed E-state index contributed by atoms with van der Waals surface area (Å²) in [4.78, 5) is 20.7. The average molecular weight is 448 g/mol. The summed E-state index contributed by atoms with van der Waals surface area (Å²) in [7, 11) is 1.79. The number of amides is 1. The van der Waals surface area contributed by atoms with Gasteiger partial charge in [0.2, 0.25) is 5.91 Å². The minimum Gasteiger partial charge on any atom is -0.378 e. The molecule has 1 spiro atoms. The van der Waals surface area contributed by atoms with Crippen molar-refractivity contribution in [1.82, 2.24) is 15.2 Å². The van der Waals surface area contributed by atoms with Gasteiger partial charge in [0.05, 0.1) is 18.6 Å². The van der Waals surface area contributed by atoms with E-state index in [4.69, 9.17) is 4.74 Å². The smallest absolute Gasteiger partial charge is 0.225 e. The first-order chi connectivity index (χ1) is 15.7. The van der Waals surface area contributed by atoms with Crippen LogP contribution in [0.1, 0.15) is 40.5 Å².